The number of thioether (sulfide) groups is 1. The van der Waals surface area contributed by atoms with Crippen LogP contribution in [0.4, 0.5) is 10.5 Å². The number of hydrogen-bond donors (Lipinski definition) is 2. The zero-order valence-corrected chi connectivity index (χ0v) is 12.3. The minimum Gasteiger partial charge on any atom is -0.376 e. The van der Waals surface area contributed by atoms with Crippen LogP contribution >= 0.6 is 23.4 Å². The molecule has 1 fully saturated rings. The summed E-state index contributed by atoms with van der Waals surface area (Å²) in [6.45, 7) is 0.507. The van der Waals surface area contributed by atoms with E-state index in [2.05, 4.69) is 10.6 Å². The number of hydrogen-bond acceptors (Lipinski definition) is 3. The summed E-state index contributed by atoms with van der Waals surface area (Å²) in [4.78, 5) is 11.8. The molecule has 1 heterocycles. The third kappa shape index (κ3) is 3.78. The quantitative estimate of drug-likeness (QED) is 0.899. The second-order valence-corrected chi connectivity index (χ2v) is 5.99. The minimum absolute atomic E-state index is 0.234. The van der Waals surface area contributed by atoms with Gasteiger partial charge in [-0.25, -0.2) is 4.79 Å². The summed E-state index contributed by atoms with van der Waals surface area (Å²) in [6.07, 6.45) is 0.959. The topological polar surface area (TPSA) is 50.4 Å². The molecule has 4 nitrogen and oxygen atoms in total. The molecule has 2 rings (SSSR count). The van der Waals surface area contributed by atoms with Crippen LogP contribution in [0.1, 0.15) is 6.42 Å². The van der Waals surface area contributed by atoms with Crippen LogP contribution in [0.5, 0.6) is 0 Å². The lowest BCUT2D eigenvalue weighted by atomic mass is 10.0. The number of anilines is 1. The molecular weight excluding hydrogens is 284 g/mol. The summed E-state index contributed by atoms with van der Waals surface area (Å²) in [6, 6.07) is 6.88. The van der Waals surface area contributed by atoms with Crippen molar-refractivity contribution in [1.29, 1.82) is 0 Å². The van der Waals surface area contributed by atoms with Gasteiger partial charge >= 0.3 is 6.03 Å². The van der Waals surface area contributed by atoms with Crippen molar-refractivity contribution >= 4 is 35.1 Å². The largest absolute Gasteiger partial charge is 0.376 e. The van der Waals surface area contributed by atoms with Crippen molar-refractivity contribution in [3.63, 3.8) is 0 Å². The van der Waals surface area contributed by atoms with E-state index in [0.29, 0.717) is 17.3 Å². The van der Waals surface area contributed by atoms with E-state index < -0.39 is 0 Å². The molecule has 0 spiro atoms. The Morgan fingerprint density at radius 2 is 2.32 bits per heavy atom. The third-order valence-electron chi connectivity index (χ3n) is 3.19. The molecule has 1 aromatic rings. The first-order valence-corrected chi connectivity index (χ1v) is 7.61. The predicted octanol–water partition coefficient (Wildman–Crippen LogP) is 2.98. The van der Waals surface area contributed by atoms with Gasteiger partial charge in [-0.1, -0.05) is 23.7 Å². The number of ether oxygens (including phenoxy) is 1. The molecule has 1 atom stereocenters. The number of benzene rings is 1. The minimum atomic E-state index is -0.263. The van der Waals surface area contributed by atoms with Crippen LogP contribution in [-0.2, 0) is 4.74 Å². The molecule has 0 saturated carbocycles. The number of para-hydroxylation sites is 1. The number of halogens is 1. The molecule has 6 heteroatoms. The maximum Gasteiger partial charge on any atom is 0.319 e. The highest BCUT2D eigenvalue weighted by atomic mass is 35.5. The van der Waals surface area contributed by atoms with Gasteiger partial charge in [0.25, 0.3) is 0 Å². The molecule has 0 radical (unpaired) electrons. The van der Waals surface area contributed by atoms with Gasteiger partial charge in [0.2, 0.25) is 0 Å². The van der Waals surface area contributed by atoms with Crippen LogP contribution in [0.15, 0.2) is 24.3 Å². The van der Waals surface area contributed by atoms with E-state index in [9.17, 15) is 4.79 Å². The van der Waals surface area contributed by atoms with E-state index >= 15 is 0 Å². The van der Waals surface area contributed by atoms with Crippen LogP contribution in [0.25, 0.3) is 0 Å². The van der Waals surface area contributed by atoms with Crippen molar-refractivity contribution in [3.05, 3.63) is 29.3 Å². The highest BCUT2D eigenvalue weighted by Gasteiger charge is 2.34. The first-order chi connectivity index (χ1) is 9.15. The lowest BCUT2D eigenvalue weighted by Gasteiger charge is -2.26. The molecule has 1 saturated heterocycles. The number of carbonyl (C=O) groups excluding carboxylic acids is 1. The maximum absolute atomic E-state index is 11.8. The Bertz CT molecular complexity index is 450. The van der Waals surface area contributed by atoms with E-state index in [4.69, 9.17) is 16.3 Å². The van der Waals surface area contributed by atoms with Gasteiger partial charge in [0.15, 0.2) is 0 Å². The second kappa shape index (κ2) is 6.50. The fourth-order valence-electron chi connectivity index (χ4n) is 1.93. The Morgan fingerprint density at radius 1 is 1.53 bits per heavy atom. The molecule has 2 amide bonds. The molecule has 1 aromatic carbocycles. The standard InChI is InChI=1S/C13H17ClN2O2S/c1-18-13(6-7-19-9-13)8-15-12(17)16-11-5-3-2-4-10(11)14/h2-5H,6-9H2,1H3,(H2,15,16,17). The first kappa shape index (κ1) is 14.5. The monoisotopic (exact) mass is 300 g/mol. The molecule has 2 N–H and O–H groups in total. The zero-order valence-electron chi connectivity index (χ0n) is 10.7. The van der Waals surface area contributed by atoms with Gasteiger partial charge in [0.05, 0.1) is 16.3 Å². The average Bonchev–Trinajstić information content (AvgIpc) is 2.89. The molecule has 1 unspecified atom stereocenters. The lowest BCUT2D eigenvalue weighted by molar-refractivity contribution is 0.0161. The van der Waals surface area contributed by atoms with E-state index in [-0.39, 0.29) is 11.6 Å². The van der Waals surface area contributed by atoms with Crippen LogP contribution in [0.2, 0.25) is 5.02 Å². The van der Waals surface area contributed by atoms with Gasteiger partial charge in [-0.2, -0.15) is 11.8 Å². The van der Waals surface area contributed by atoms with Crippen molar-refractivity contribution in [3.8, 4) is 0 Å². The van der Waals surface area contributed by atoms with Gasteiger partial charge in [-0.15, -0.1) is 0 Å². The molecule has 19 heavy (non-hydrogen) atoms. The number of carbonyl (C=O) groups is 1. The smallest absolute Gasteiger partial charge is 0.319 e. The highest BCUT2D eigenvalue weighted by Crippen LogP contribution is 2.30. The second-order valence-electron chi connectivity index (χ2n) is 4.48. The molecule has 0 aromatic heterocycles. The molecule has 1 aliphatic heterocycles. The SMILES string of the molecule is COC1(CNC(=O)Nc2ccccc2Cl)CCSC1. The third-order valence-corrected chi connectivity index (χ3v) is 4.75. The first-order valence-electron chi connectivity index (χ1n) is 6.07. The van der Waals surface area contributed by atoms with Gasteiger partial charge in [-0.3, -0.25) is 0 Å². The van der Waals surface area contributed by atoms with Crippen molar-refractivity contribution in [2.45, 2.75) is 12.0 Å². The molecule has 0 bridgehead atoms. The van der Waals surface area contributed by atoms with Gasteiger partial charge < -0.3 is 15.4 Å². The zero-order chi connectivity index (χ0) is 13.7. The van der Waals surface area contributed by atoms with Gasteiger partial charge in [-0.05, 0) is 24.3 Å². The van der Waals surface area contributed by atoms with Crippen LogP contribution in [0.3, 0.4) is 0 Å². The van der Waals surface area contributed by atoms with Crippen molar-refractivity contribution in [2.75, 3.05) is 30.5 Å². The lowest BCUT2D eigenvalue weighted by Crippen LogP contribution is -2.45. The molecule has 1 aliphatic rings. The number of methoxy groups -OCH3 is 1. The number of rotatable bonds is 4. The van der Waals surface area contributed by atoms with E-state index in [1.54, 1.807) is 19.2 Å². The van der Waals surface area contributed by atoms with Gasteiger partial charge in [0.1, 0.15) is 0 Å². The van der Waals surface area contributed by atoms with Crippen molar-refractivity contribution in [1.82, 2.24) is 5.32 Å². The van der Waals surface area contributed by atoms with Crippen molar-refractivity contribution < 1.29 is 9.53 Å². The fraction of sp³-hybridized carbons (Fsp3) is 0.462. The number of urea groups is 1. The molecule has 0 aliphatic carbocycles. The normalized spacial score (nSPS) is 22.2. The predicted molar refractivity (Wildman–Crippen MR) is 80.2 cm³/mol. The van der Waals surface area contributed by atoms with Crippen molar-refractivity contribution in [2.24, 2.45) is 0 Å². The number of nitrogens with one attached hydrogen (secondary N) is 2. The summed E-state index contributed by atoms with van der Waals surface area (Å²) < 4.78 is 5.53. The highest BCUT2D eigenvalue weighted by molar-refractivity contribution is 7.99. The summed E-state index contributed by atoms with van der Waals surface area (Å²) in [7, 11) is 1.69. The Hall–Kier alpha value is -0.910. The van der Waals surface area contributed by atoms with Gasteiger partial charge in [0, 0.05) is 19.4 Å². The summed E-state index contributed by atoms with van der Waals surface area (Å²) in [5, 5.41) is 6.10. The van der Waals surface area contributed by atoms with Crippen LogP contribution in [0, 0.1) is 0 Å². The van der Waals surface area contributed by atoms with E-state index in [1.807, 2.05) is 23.9 Å². The van der Waals surface area contributed by atoms with E-state index in [0.717, 1.165) is 17.9 Å². The summed E-state index contributed by atoms with van der Waals surface area (Å²) in [5.41, 5.74) is 0.372. The Balaban J connectivity index is 1.86. The summed E-state index contributed by atoms with van der Waals surface area (Å²) in [5.74, 6) is 1.98. The van der Waals surface area contributed by atoms with E-state index in [1.165, 1.54) is 0 Å². The molecule has 104 valence electrons. The maximum atomic E-state index is 11.8. The molecular formula is C13H17ClN2O2S. The van der Waals surface area contributed by atoms with Crippen LogP contribution in [-0.4, -0.2) is 36.8 Å². The Morgan fingerprint density at radius 3 is 2.95 bits per heavy atom. The number of amides is 2. The Kier molecular flexibility index (Phi) is 4.96. The Labute approximate surface area is 122 Å². The summed E-state index contributed by atoms with van der Waals surface area (Å²) >= 11 is 7.83. The average molecular weight is 301 g/mol. The van der Waals surface area contributed by atoms with Crippen LogP contribution < -0.4 is 10.6 Å². The fourth-order valence-corrected chi connectivity index (χ4v) is 3.51.